The second-order valence-corrected chi connectivity index (χ2v) is 8.20. The lowest BCUT2D eigenvalue weighted by atomic mass is 10.0. The minimum Gasteiger partial charge on any atom is -0.381 e. The number of hydrogen-bond donors (Lipinski definition) is 1. The summed E-state index contributed by atoms with van der Waals surface area (Å²) in [5, 5.41) is 3.40. The molecule has 1 fully saturated rings. The SMILES string of the molecule is CCN(C)C(=O)CN1Cc2ccc(-c3nc(NC4CCOCC4)ncc3C)cc2C1=O. The van der Waals surface area contributed by atoms with Crippen LogP contribution in [0.1, 0.15) is 41.3 Å². The number of anilines is 1. The van der Waals surface area contributed by atoms with Crippen LogP contribution in [0.3, 0.4) is 0 Å². The zero-order valence-corrected chi connectivity index (χ0v) is 18.4. The molecule has 0 atom stereocenters. The van der Waals surface area contributed by atoms with E-state index in [9.17, 15) is 9.59 Å². The number of likely N-dealkylation sites (N-methyl/N-ethyl adjacent to an activating group) is 1. The summed E-state index contributed by atoms with van der Waals surface area (Å²) in [6.45, 7) is 6.55. The fourth-order valence-corrected chi connectivity index (χ4v) is 3.92. The number of aryl methyl sites for hydroxylation is 1. The first-order chi connectivity index (χ1) is 15.0. The standard InChI is InChI=1S/C23H29N5O3/c1-4-27(3)20(29)14-28-13-17-6-5-16(11-19(17)22(28)30)21-15(2)12-24-23(26-21)25-18-7-9-31-10-8-18/h5-6,11-12,18H,4,7-10,13-14H2,1-3H3,(H,24,25,26). The Morgan fingerprint density at radius 2 is 2.10 bits per heavy atom. The highest BCUT2D eigenvalue weighted by Gasteiger charge is 2.30. The monoisotopic (exact) mass is 423 g/mol. The van der Waals surface area contributed by atoms with E-state index in [1.165, 1.54) is 0 Å². The summed E-state index contributed by atoms with van der Waals surface area (Å²) in [6, 6.07) is 6.14. The van der Waals surface area contributed by atoms with E-state index in [0.717, 1.165) is 48.4 Å². The number of benzene rings is 1. The van der Waals surface area contributed by atoms with Crippen LogP contribution in [0.5, 0.6) is 0 Å². The Morgan fingerprint density at radius 3 is 2.84 bits per heavy atom. The Hall–Kier alpha value is -3.00. The molecule has 1 saturated heterocycles. The van der Waals surface area contributed by atoms with Crippen LogP contribution in [0.25, 0.3) is 11.3 Å². The van der Waals surface area contributed by atoms with Gasteiger partial charge in [-0.1, -0.05) is 12.1 Å². The summed E-state index contributed by atoms with van der Waals surface area (Å²) in [7, 11) is 1.75. The molecule has 0 spiro atoms. The lowest BCUT2D eigenvalue weighted by molar-refractivity contribution is -0.130. The van der Waals surface area contributed by atoms with Crippen molar-refractivity contribution in [3.05, 3.63) is 41.1 Å². The van der Waals surface area contributed by atoms with Crippen molar-refractivity contribution in [2.24, 2.45) is 0 Å². The highest BCUT2D eigenvalue weighted by molar-refractivity contribution is 6.01. The maximum atomic E-state index is 12.9. The molecule has 2 aliphatic heterocycles. The van der Waals surface area contributed by atoms with Crippen molar-refractivity contribution >= 4 is 17.8 Å². The van der Waals surface area contributed by atoms with Gasteiger partial charge in [0.05, 0.1) is 5.69 Å². The normalized spacial score (nSPS) is 16.4. The first-order valence-corrected chi connectivity index (χ1v) is 10.8. The number of carbonyl (C=O) groups excluding carboxylic acids is 2. The number of ether oxygens (including phenoxy) is 1. The van der Waals surface area contributed by atoms with Gasteiger partial charge in [-0.15, -0.1) is 0 Å². The quantitative estimate of drug-likeness (QED) is 0.768. The number of aromatic nitrogens is 2. The third-order valence-electron chi connectivity index (χ3n) is 6.01. The van der Waals surface area contributed by atoms with Gasteiger partial charge in [0, 0.05) is 56.7 Å². The number of amides is 2. The predicted molar refractivity (Wildman–Crippen MR) is 118 cm³/mol. The molecule has 31 heavy (non-hydrogen) atoms. The van der Waals surface area contributed by atoms with Gasteiger partial charge in [0.2, 0.25) is 11.9 Å². The third kappa shape index (κ3) is 4.54. The first kappa shape index (κ1) is 21.2. The van der Waals surface area contributed by atoms with E-state index in [-0.39, 0.29) is 18.4 Å². The maximum Gasteiger partial charge on any atom is 0.254 e. The van der Waals surface area contributed by atoms with Gasteiger partial charge in [0.1, 0.15) is 6.54 Å². The highest BCUT2D eigenvalue weighted by atomic mass is 16.5. The minimum absolute atomic E-state index is 0.0562. The van der Waals surface area contributed by atoms with E-state index in [0.29, 0.717) is 30.6 Å². The van der Waals surface area contributed by atoms with E-state index in [1.54, 1.807) is 16.8 Å². The smallest absolute Gasteiger partial charge is 0.254 e. The first-order valence-electron chi connectivity index (χ1n) is 10.8. The highest BCUT2D eigenvalue weighted by Crippen LogP contribution is 2.29. The molecule has 2 aliphatic rings. The average molecular weight is 424 g/mol. The minimum atomic E-state index is -0.109. The molecule has 1 aromatic heterocycles. The van der Waals surface area contributed by atoms with Gasteiger partial charge in [-0.3, -0.25) is 9.59 Å². The molecule has 8 nitrogen and oxygen atoms in total. The van der Waals surface area contributed by atoms with Crippen molar-refractivity contribution < 1.29 is 14.3 Å². The molecule has 3 heterocycles. The Kier molecular flexibility index (Phi) is 6.18. The number of carbonyl (C=O) groups is 2. The van der Waals surface area contributed by atoms with Crippen molar-refractivity contribution in [3.63, 3.8) is 0 Å². The van der Waals surface area contributed by atoms with Crippen LogP contribution in [0.15, 0.2) is 24.4 Å². The Morgan fingerprint density at radius 1 is 1.32 bits per heavy atom. The third-order valence-corrected chi connectivity index (χ3v) is 6.01. The van der Waals surface area contributed by atoms with Crippen molar-refractivity contribution in [3.8, 4) is 11.3 Å². The average Bonchev–Trinajstić information content (AvgIpc) is 3.09. The maximum absolute atomic E-state index is 12.9. The van der Waals surface area contributed by atoms with E-state index in [1.807, 2.05) is 38.2 Å². The summed E-state index contributed by atoms with van der Waals surface area (Å²) in [4.78, 5) is 37.6. The Bertz CT molecular complexity index is 987. The molecule has 164 valence electrons. The summed E-state index contributed by atoms with van der Waals surface area (Å²) < 4.78 is 5.41. The zero-order valence-electron chi connectivity index (χ0n) is 18.4. The van der Waals surface area contributed by atoms with Gasteiger partial charge in [0.25, 0.3) is 5.91 Å². The molecular weight excluding hydrogens is 394 g/mol. The fraction of sp³-hybridized carbons (Fsp3) is 0.478. The summed E-state index contributed by atoms with van der Waals surface area (Å²) in [5.74, 6) is 0.426. The van der Waals surface area contributed by atoms with Crippen molar-refractivity contribution in [2.45, 2.75) is 39.3 Å². The van der Waals surface area contributed by atoms with Crippen LogP contribution in [0.4, 0.5) is 5.95 Å². The summed E-state index contributed by atoms with van der Waals surface area (Å²) in [5.41, 5.74) is 4.20. The fourth-order valence-electron chi connectivity index (χ4n) is 3.92. The van der Waals surface area contributed by atoms with Gasteiger partial charge in [-0.2, -0.15) is 0 Å². The lowest BCUT2D eigenvalue weighted by Crippen LogP contribution is -2.38. The van der Waals surface area contributed by atoms with Crippen LogP contribution in [0.2, 0.25) is 0 Å². The van der Waals surface area contributed by atoms with Crippen LogP contribution in [0, 0.1) is 6.92 Å². The predicted octanol–water partition coefficient (Wildman–Crippen LogP) is 2.48. The van der Waals surface area contributed by atoms with Crippen LogP contribution < -0.4 is 5.32 Å². The van der Waals surface area contributed by atoms with Crippen molar-refractivity contribution in [1.82, 2.24) is 19.8 Å². The molecule has 1 N–H and O–H groups in total. The second kappa shape index (κ2) is 9.01. The zero-order chi connectivity index (χ0) is 22.0. The van der Waals surface area contributed by atoms with Gasteiger partial charge >= 0.3 is 0 Å². The largest absolute Gasteiger partial charge is 0.381 e. The molecule has 0 aliphatic carbocycles. The topological polar surface area (TPSA) is 87.7 Å². The molecule has 2 aromatic rings. The number of hydrogen-bond acceptors (Lipinski definition) is 6. The van der Waals surface area contributed by atoms with Crippen LogP contribution in [-0.2, 0) is 16.1 Å². The molecule has 8 heteroatoms. The molecule has 0 bridgehead atoms. The Balaban J connectivity index is 1.54. The number of fused-ring (bicyclic) bond motifs is 1. The summed E-state index contributed by atoms with van der Waals surface area (Å²) in [6.07, 6.45) is 3.67. The van der Waals surface area contributed by atoms with Crippen molar-refractivity contribution in [1.29, 1.82) is 0 Å². The van der Waals surface area contributed by atoms with Gasteiger partial charge in [-0.05, 0) is 43.9 Å². The van der Waals surface area contributed by atoms with Crippen molar-refractivity contribution in [2.75, 3.05) is 38.7 Å². The Labute approximate surface area is 182 Å². The molecule has 0 saturated carbocycles. The number of nitrogens with one attached hydrogen (secondary N) is 1. The lowest BCUT2D eigenvalue weighted by Gasteiger charge is -2.23. The van der Waals surface area contributed by atoms with E-state index in [4.69, 9.17) is 9.72 Å². The van der Waals surface area contributed by atoms with Gasteiger partial charge in [0.15, 0.2) is 0 Å². The van der Waals surface area contributed by atoms with Crippen LogP contribution in [-0.4, -0.2) is 71.0 Å². The molecule has 4 rings (SSSR count). The van der Waals surface area contributed by atoms with E-state index in [2.05, 4.69) is 10.3 Å². The molecule has 2 amide bonds. The molecule has 0 unspecified atom stereocenters. The van der Waals surface area contributed by atoms with Crippen LogP contribution >= 0.6 is 0 Å². The van der Waals surface area contributed by atoms with Gasteiger partial charge in [-0.25, -0.2) is 9.97 Å². The number of rotatable bonds is 6. The molecule has 1 aromatic carbocycles. The van der Waals surface area contributed by atoms with E-state index >= 15 is 0 Å². The summed E-state index contributed by atoms with van der Waals surface area (Å²) >= 11 is 0. The molecular formula is C23H29N5O3. The molecule has 0 radical (unpaired) electrons. The van der Waals surface area contributed by atoms with E-state index < -0.39 is 0 Å². The van der Waals surface area contributed by atoms with Gasteiger partial charge < -0.3 is 19.9 Å². The number of nitrogens with zero attached hydrogens (tertiary/aromatic N) is 4. The second-order valence-electron chi connectivity index (χ2n) is 8.20.